The number of aromatic nitrogens is 3. The van der Waals surface area contributed by atoms with Gasteiger partial charge in [-0.25, -0.2) is 0 Å². The summed E-state index contributed by atoms with van der Waals surface area (Å²) in [6, 6.07) is 7.21. The summed E-state index contributed by atoms with van der Waals surface area (Å²) in [5.74, 6) is 0.627. The van der Waals surface area contributed by atoms with Crippen LogP contribution in [0.15, 0.2) is 44.6 Å². The molecule has 0 atom stereocenters. The number of furan rings is 1. The predicted molar refractivity (Wildman–Crippen MR) is 97.2 cm³/mol. The number of nitro benzene ring substituents is 1. The van der Waals surface area contributed by atoms with E-state index in [0.29, 0.717) is 22.1 Å². The molecule has 11 heteroatoms. The molecule has 0 amide bonds. The third-order valence-electron chi connectivity index (χ3n) is 3.37. The molecule has 0 aliphatic rings. The van der Waals surface area contributed by atoms with E-state index in [1.807, 2.05) is 0 Å². The van der Waals surface area contributed by atoms with Crippen LogP contribution < -0.4 is 5.56 Å². The third kappa shape index (κ3) is 3.46. The van der Waals surface area contributed by atoms with Gasteiger partial charge in [0.25, 0.3) is 11.2 Å². The molecule has 0 saturated heterocycles. The van der Waals surface area contributed by atoms with Crippen molar-refractivity contribution in [2.45, 2.75) is 6.92 Å². The highest BCUT2D eigenvalue weighted by atomic mass is 35.5. The quantitative estimate of drug-likeness (QED) is 0.315. The molecule has 0 aliphatic carbocycles. The molecule has 9 nitrogen and oxygen atoms in total. The molecular weight excluding hydrogens is 382 g/mol. The van der Waals surface area contributed by atoms with Crippen molar-refractivity contribution in [2.24, 2.45) is 5.10 Å². The number of aromatic amines is 1. The van der Waals surface area contributed by atoms with Crippen LogP contribution in [0, 0.1) is 21.8 Å². The van der Waals surface area contributed by atoms with Crippen molar-refractivity contribution in [1.29, 1.82) is 0 Å². The molecule has 0 unspecified atom stereocenters. The van der Waals surface area contributed by atoms with Crippen LogP contribution in [0.3, 0.4) is 0 Å². The Morgan fingerprint density at radius 2 is 2.19 bits per heavy atom. The van der Waals surface area contributed by atoms with Gasteiger partial charge in [0.1, 0.15) is 17.2 Å². The van der Waals surface area contributed by atoms with Crippen LogP contribution in [0.4, 0.5) is 5.69 Å². The lowest BCUT2D eigenvalue weighted by atomic mass is 10.1. The number of non-ortho nitro benzene ring substituents is 1. The zero-order chi connectivity index (χ0) is 18.8. The molecule has 2 heterocycles. The summed E-state index contributed by atoms with van der Waals surface area (Å²) < 4.78 is 6.59. The largest absolute Gasteiger partial charge is 0.455 e. The van der Waals surface area contributed by atoms with Crippen molar-refractivity contribution in [2.75, 3.05) is 0 Å². The second-order valence-electron chi connectivity index (χ2n) is 5.10. The van der Waals surface area contributed by atoms with Gasteiger partial charge in [-0.3, -0.25) is 20.0 Å². The third-order valence-corrected chi connectivity index (χ3v) is 3.96. The molecule has 3 rings (SSSR count). The number of hydrogen-bond acceptors (Lipinski definition) is 7. The Bertz CT molecular complexity index is 1150. The first-order chi connectivity index (χ1) is 12.4. The van der Waals surface area contributed by atoms with Crippen LogP contribution in [0.1, 0.15) is 11.5 Å². The van der Waals surface area contributed by atoms with Crippen LogP contribution in [0.25, 0.3) is 11.3 Å². The summed E-state index contributed by atoms with van der Waals surface area (Å²) in [4.78, 5) is 22.4. The Morgan fingerprint density at radius 3 is 2.92 bits per heavy atom. The van der Waals surface area contributed by atoms with Gasteiger partial charge < -0.3 is 4.42 Å². The molecule has 1 N–H and O–H groups in total. The van der Waals surface area contributed by atoms with Gasteiger partial charge in [0, 0.05) is 17.7 Å². The molecule has 132 valence electrons. The van der Waals surface area contributed by atoms with Gasteiger partial charge in [0.2, 0.25) is 4.77 Å². The normalized spacial score (nSPS) is 11.2. The monoisotopic (exact) mass is 391 g/mol. The molecule has 0 fully saturated rings. The first kappa shape index (κ1) is 17.7. The van der Waals surface area contributed by atoms with Crippen molar-refractivity contribution in [3.05, 3.63) is 72.0 Å². The molecule has 2 aromatic heterocycles. The standard InChI is InChI=1S/C15H10ClN5O4S/c1-8-14(22)20(15(26)19-18-8)17-7-10-3-5-13(25-10)11-6-9(21(23)24)2-4-12(11)16/h2-7H,1H3,(H,19,26)/b17-7-. The van der Waals surface area contributed by atoms with E-state index >= 15 is 0 Å². The molecule has 1 aromatic carbocycles. The minimum absolute atomic E-state index is 0.0327. The lowest BCUT2D eigenvalue weighted by Crippen LogP contribution is -2.22. The molecule has 0 bridgehead atoms. The van der Waals surface area contributed by atoms with E-state index in [-0.39, 0.29) is 16.2 Å². The van der Waals surface area contributed by atoms with E-state index in [0.717, 1.165) is 4.68 Å². The number of aryl methyl sites for hydroxylation is 1. The van der Waals surface area contributed by atoms with E-state index in [9.17, 15) is 14.9 Å². The van der Waals surface area contributed by atoms with Crippen LogP contribution in [-0.4, -0.2) is 26.0 Å². The van der Waals surface area contributed by atoms with Gasteiger partial charge in [0.05, 0.1) is 16.2 Å². The first-order valence-corrected chi connectivity index (χ1v) is 7.92. The number of benzene rings is 1. The highest BCUT2D eigenvalue weighted by molar-refractivity contribution is 7.71. The number of nitro groups is 1. The van der Waals surface area contributed by atoms with Crippen LogP contribution in [-0.2, 0) is 0 Å². The summed E-state index contributed by atoms with van der Waals surface area (Å²) in [5.41, 5.74) is 0.00798. The number of halogens is 1. The Morgan fingerprint density at radius 1 is 1.42 bits per heavy atom. The lowest BCUT2D eigenvalue weighted by molar-refractivity contribution is -0.384. The Hall–Kier alpha value is -3.11. The fraction of sp³-hybridized carbons (Fsp3) is 0.0667. The van der Waals surface area contributed by atoms with Crippen molar-refractivity contribution >= 4 is 35.7 Å². The molecule has 0 saturated carbocycles. The maximum absolute atomic E-state index is 12.0. The minimum Gasteiger partial charge on any atom is -0.455 e. The van der Waals surface area contributed by atoms with E-state index in [2.05, 4.69) is 15.3 Å². The smallest absolute Gasteiger partial charge is 0.296 e. The summed E-state index contributed by atoms with van der Waals surface area (Å²) >= 11 is 11.1. The van der Waals surface area contributed by atoms with Crippen molar-refractivity contribution in [3.8, 4) is 11.3 Å². The molecule has 26 heavy (non-hydrogen) atoms. The van der Waals surface area contributed by atoms with Gasteiger partial charge in [-0.15, -0.1) is 0 Å². The van der Waals surface area contributed by atoms with Crippen LogP contribution in [0.2, 0.25) is 5.02 Å². The SMILES string of the molecule is Cc1n[nH]c(=S)n(/N=C\c2ccc(-c3cc([N+](=O)[O-])ccc3Cl)o2)c1=O. The first-order valence-electron chi connectivity index (χ1n) is 7.13. The van der Waals surface area contributed by atoms with Crippen molar-refractivity contribution in [1.82, 2.24) is 14.9 Å². The summed E-state index contributed by atoms with van der Waals surface area (Å²) in [5, 5.41) is 21.4. The van der Waals surface area contributed by atoms with E-state index in [4.69, 9.17) is 28.2 Å². The zero-order valence-corrected chi connectivity index (χ0v) is 14.7. The van der Waals surface area contributed by atoms with Crippen LogP contribution >= 0.6 is 23.8 Å². The number of H-pyrrole nitrogens is 1. The maximum Gasteiger partial charge on any atom is 0.296 e. The molecule has 0 aliphatic heterocycles. The van der Waals surface area contributed by atoms with Crippen molar-refractivity contribution in [3.63, 3.8) is 0 Å². The summed E-state index contributed by atoms with van der Waals surface area (Å²) in [6.07, 6.45) is 1.29. The van der Waals surface area contributed by atoms with Gasteiger partial charge in [-0.2, -0.15) is 14.9 Å². The Balaban J connectivity index is 1.96. The van der Waals surface area contributed by atoms with Crippen molar-refractivity contribution < 1.29 is 9.34 Å². The molecule has 0 radical (unpaired) electrons. The average Bonchev–Trinajstić information content (AvgIpc) is 3.07. The van der Waals surface area contributed by atoms with Gasteiger partial charge in [-0.05, 0) is 37.3 Å². The topological polar surface area (TPSA) is 119 Å². The predicted octanol–water partition coefficient (Wildman–Crippen LogP) is 3.31. The molecule has 3 aromatic rings. The second-order valence-corrected chi connectivity index (χ2v) is 5.89. The molecular formula is C15H10ClN5O4S. The highest BCUT2D eigenvalue weighted by Gasteiger charge is 2.14. The number of nitrogens with one attached hydrogen (secondary N) is 1. The maximum atomic E-state index is 12.0. The molecule has 0 spiro atoms. The van der Waals surface area contributed by atoms with Gasteiger partial charge in [-0.1, -0.05) is 11.6 Å². The fourth-order valence-corrected chi connectivity index (χ4v) is 2.46. The summed E-state index contributed by atoms with van der Waals surface area (Å²) in [6.45, 7) is 1.52. The zero-order valence-electron chi connectivity index (χ0n) is 13.2. The summed E-state index contributed by atoms with van der Waals surface area (Å²) in [7, 11) is 0. The fourth-order valence-electron chi connectivity index (χ4n) is 2.07. The number of rotatable bonds is 4. The minimum atomic E-state index is -0.523. The van der Waals surface area contributed by atoms with Gasteiger partial charge in [0.15, 0.2) is 0 Å². The number of nitrogens with zero attached hydrogens (tertiary/aromatic N) is 4. The van der Waals surface area contributed by atoms with Crippen LogP contribution in [0.5, 0.6) is 0 Å². The van der Waals surface area contributed by atoms with Gasteiger partial charge >= 0.3 is 0 Å². The van der Waals surface area contributed by atoms with E-state index in [1.165, 1.54) is 31.3 Å². The average molecular weight is 392 g/mol. The second kappa shape index (κ2) is 7.02. The Kier molecular flexibility index (Phi) is 4.78. The lowest BCUT2D eigenvalue weighted by Gasteiger charge is -2.00. The van der Waals surface area contributed by atoms with E-state index in [1.54, 1.807) is 12.1 Å². The number of hydrogen-bond donors (Lipinski definition) is 1. The van der Waals surface area contributed by atoms with E-state index < -0.39 is 10.5 Å². The highest BCUT2D eigenvalue weighted by Crippen LogP contribution is 2.32. The Labute approximate surface area is 155 Å².